The molecule has 2 aromatic rings. The summed E-state index contributed by atoms with van der Waals surface area (Å²) in [6.45, 7) is 1.01. The second-order valence-corrected chi connectivity index (χ2v) is 4.65. The number of pyridine rings is 1. The fourth-order valence-corrected chi connectivity index (χ4v) is 1.84. The Morgan fingerprint density at radius 1 is 1.11 bits per heavy atom. The lowest BCUT2D eigenvalue weighted by atomic mass is 10.2. The number of benzene rings is 1. The molecular formula is C13H11Cl2FN2. The van der Waals surface area contributed by atoms with Crippen molar-refractivity contribution in [2.45, 2.75) is 13.1 Å². The second-order valence-electron chi connectivity index (χ2n) is 3.83. The van der Waals surface area contributed by atoms with Gasteiger partial charge in [0, 0.05) is 29.9 Å². The maximum Gasteiger partial charge on any atom is 0.129 e. The van der Waals surface area contributed by atoms with Gasteiger partial charge in [0.15, 0.2) is 0 Å². The Morgan fingerprint density at radius 2 is 1.94 bits per heavy atom. The lowest BCUT2D eigenvalue weighted by Crippen LogP contribution is -2.13. The minimum absolute atomic E-state index is 0.263. The number of hydrogen-bond donors (Lipinski definition) is 1. The van der Waals surface area contributed by atoms with Crippen LogP contribution >= 0.6 is 23.2 Å². The van der Waals surface area contributed by atoms with Crippen LogP contribution in [-0.4, -0.2) is 4.98 Å². The lowest BCUT2D eigenvalue weighted by Gasteiger charge is -2.06. The van der Waals surface area contributed by atoms with Crippen molar-refractivity contribution in [1.82, 2.24) is 10.3 Å². The molecule has 0 spiro atoms. The molecule has 0 unspecified atom stereocenters. The van der Waals surface area contributed by atoms with E-state index in [4.69, 9.17) is 23.2 Å². The summed E-state index contributed by atoms with van der Waals surface area (Å²) in [5.41, 5.74) is 1.53. The monoisotopic (exact) mass is 284 g/mol. The lowest BCUT2D eigenvalue weighted by molar-refractivity contribution is 0.588. The van der Waals surface area contributed by atoms with Crippen molar-refractivity contribution in [3.05, 3.63) is 63.6 Å². The number of rotatable bonds is 4. The van der Waals surface area contributed by atoms with Crippen LogP contribution in [-0.2, 0) is 13.1 Å². The van der Waals surface area contributed by atoms with Crippen molar-refractivity contribution in [2.75, 3.05) is 0 Å². The van der Waals surface area contributed by atoms with E-state index in [0.29, 0.717) is 28.8 Å². The normalized spacial score (nSPS) is 10.6. The van der Waals surface area contributed by atoms with Gasteiger partial charge in [0.25, 0.3) is 0 Å². The summed E-state index contributed by atoms with van der Waals surface area (Å²) in [4.78, 5) is 3.97. The van der Waals surface area contributed by atoms with Gasteiger partial charge in [0.05, 0.1) is 0 Å². The van der Waals surface area contributed by atoms with E-state index in [9.17, 15) is 4.39 Å². The molecule has 0 bridgehead atoms. The molecule has 0 amide bonds. The van der Waals surface area contributed by atoms with Crippen LogP contribution in [0.5, 0.6) is 0 Å². The molecule has 0 aliphatic carbocycles. The van der Waals surface area contributed by atoms with Gasteiger partial charge < -0.3 is 5.32 Å². The molecule has 1 aromatic carbocycles. The summed E-state index contributed by atoms with van der Waals surface area (Å²) in [6.07, 6.45) is 1.68. The van der Waals surface area contributed by atoms with E-state index in [0.717, 1.165) is 5.56 Å². The van der Waals surface area contributed by atoms with E-state index in [2.05, 4.69) is 10.3 Å². The fourth-order valence-electron chi connectivity index (χ4n) is 1.53. The number of halogens is 3. The van der Waals surface area contributed by atoms with Crippen molar-refractivity contribution in [3.63, 3.8) is 0 Å². The van der Waals surface area contributed by atoms with Crippen molar-refractivity contribution in [3.8, 4) is 0 Å². The summed E-state index contributed by atoms with van der Waals surface area (Å²) >= 11 is 11.5. The zero-order chi connectivity index (χ0) is 13.0. The third-order valence-electron chi connectivity index (χ3n) is 2.44. The zero-order valence-corrected chi connectivity index (χ0v) is 11.0. The first-order valence-electron chi connectivity index (χ1n) is 5.40. The number of nitrogens with zero attached hydrogens (tertiary/aromatic N) is 1. The molecule has 0 aliphatic heterocycles. The summed E-state index contributed by atoms with van der Waals surface area (Å²) in [5, 5.41) is 4.11. The first-order chi connectivity index (χ1) is 8.65. The van der Waals surface area contributed by atoms with Gasteiger partial charge in [-0.3, -0.25) is 0 Å². The van der Waals surface area contributed by atoms with Crippen LogP contribution < -0.4 is 5.32 Å². The summed E-state index contributed by atoms with van der Waals surface area (Å²) in [6, 6.07) is 8.10. The Labute approximate surface area is 115 Å². The maximum atomic E-state index is 13.4. The molecule has 1 N–H and O–H groups in total. The van der Waals surface area contributed by atoms with Crippen LogP contribution in [0.25, 0.3) is 0 Å². The summed E-state index contributed by atoms with van der Waals surface area (Å²) < 4.78 is 13.4. The molecule has 0 fully saturated rings. The molecule has 1 aromatic heterocycles. The number of aromatic nitrogens is 1. The molecule has 18 heavy (non-hydrogen) atoms. The van der Waals surface area contributed by atoms with Gasteiger partial charge in [-0.15, -0.1) is 0 Å². The van der Waals surface area contributed by atoms with Crippen molar-refractivity contribution in [2.24, 2.45) is 0 Å². The summed E-state index contributed by atoms with van der Waals surface area (Å²) in [7, 11) is 0. The number of nitrogens with one attached hydrogen (secondary N) is 1. The van der Waals surface area contributed by atoms with Gasteiger partial charge in [-0.1, -0.05) is 29.3 Å². The predicted octanol–water partition coefficient (Wildman–Crippen LogP) is 3.82. The Bertz CT molecular complexity index is 529. The molecule has 0 atom stereocenters. The van der Waals surface area contributed by atoms with Gasteiger partial charge in [-0.2, -0.15) is 0 Å². The van der Waals surface area contributed by atoms with Crippen LogP contribution in [0.3, 0.4) is 0 Å². The second kappa shape index (κ2) is 6.14. The first kappa shape index (κ1) is 13.3. The van der Waals surface area contributed by atoms with Gasteiger partial charge in [0.2, 0.25) is 0 Å². The molecule has 94 valence electrons. The van der Waals surface area contributed by atoms with E-state index < -0.39 is 0 Å². The molecule has 0 saturated carbocycles. The zero-order valence-electron chi connectivity index (χ0n) is 9.46. The average Bonchev–Trinajstić information content (AvgIpc) is 2.36. The van der Waals surface area contributed by atoms with E-state index in [1.54, 1.807) is 18.3 Å². The highest BCUT2D eigenvalue weighted by molar-refractivity contribution is 6.30. The molecule has 0 radical (unpaired) electrons. The molecule has 5 heteroatoms. The highest BCUT2D eigenvalue weighted by atomic mass is 35.5. The largest absolute Gasteiger partial charge is 0.308 e. The fraction of sp³-hybridized carbons (Fsp3) is 0.154. The Kier molecular flexibility index (Phi) is 4.53. The average molecular weight is 285 g/mol. The molecule has 0 saturated heterocycles. The van der Waals surface area contributed by atoms with Gasteiger partial charge >= 0.3 is 0 Å². The maximum absolute atomic E-state index is 13.4. The molecular weight excluding hydrogens is 274 g/mol. The predicted molar refractivity (Wildman–Crippen MR) is 71.2 cm³/mol. The molecule has 1 heterocycles. The van der Waals surface area contributed by atoms with Gasteiger partial charge in [-0.05, 0) is 29.8 Å². The van der Waals surface area contributed by atoms with Crippen LogP contribution in [0.2, 0.25) is 10.2 Å². The standard InChI is InChI=1S/C13H11Cl2FN2/c14-11-2-3-12(16)10(5-11)8-17-6-9-1-4-13(15)18-7-9/h1-5,7,17H,6,8H2. The quantitative estimate of drug-likeness (QED) is 0.864. The number of hydrogen-bond acceptors (Lipinski definition) is 2. The SMILES string of the molecule is Fc1ccc(Cl)cc1CNCc1ccc(Cl)nc1. The van der Waals surface area contributed by atoms with Gasteiger partial charge in [0.1, 0.15) is 11.0 Å². The molecule has 0 aliphatic rings. The van der Waals surface area contributed by atoms with Crippen LogP contribution in [0, 0.1) is 5.82 Å². The van der Waals surface area contributed by atoms with E-state index in [-0.39, 0.29) is 5.82 Å². The van der Waals surface area contributed by atoms with Crippen molar-refractivity contribution < 1.29 is 4.39 Å². The van der Waals surface area contributed by atoms with Crippen LogP contribution in [0.4, 0.5) is 4.39 Å². The minimum Gasteiger partial charge on any atom is -0.308 e. The summed E-state index contributed by atoms with van der Waals surface area (Å²) in [5.74, 6) is -0.263. The van der Waals surface area contributed by atoms with E-state index >= 15 is 0 Å². The highest BCUT2D eigenvalue weighted by Gasteiger charge is 2.02. The molecule has 2 nitrogen and oxygen atoms in total. The molecule has 2 rings (SSSR count). The van der Waals surface area contributed by atoms with Crippen LogP contribution in [0.15, 0.2) is 36.5 Å². The van der Waals surface area contributed by atoms with Crippen molar-refractivity contribution >= 4 is 23.2 Å². The van der Waals surface area contributed by atoms with E-state index in [1.807, 2.05) is 6.07 Å². The smallest absolute Gasteiger partial charge is 0.129 e. The first-order valence-corrected chi connectivity index (χ1v) is 6.16. The third-order valence-corrected chi connectivity index (χ3v) is 2.90. The Hall–Kier alpha value is -1.16. The third kappa shape index (κ3) is 3.67. The van der Waals surface area contributed by atoms with Gasteiger partial charge in [-0.25, -0.2) is 9.37 Å². The highest BCUT2D eigenvalue weighted by Crippen LogP contribution is 2.14. The minimum atomic E-state index is -0.263. The Balaban J connectivity index is 1.92. The van der Waals surface area contributed by atoms with Crippen LogP contribution in [0.1, 0.15) is 11.1 Å². The van der Waals surface area contributed by atoms with Crippen molar-refractivity contribution in [1.29, 1.82) is 0 Å². The Morgan fingerprint density at radius 3 is 2.67 bits per heavy atom. The topological polar surface area (TPSA) is 24.9 Å². The van der Waals surface area contributed by atoms with E-state index in [1.165, 1.54) is 12.1 Å².